The van der Waals surface area contributed by atoms with Crippen LogP contribution in [0.15, 0.2) is 64.9 Å². The third-order valence-electron chi connectivity index (χ3n) is 6.23. The zero-order chi connectivity index (χ0) is 25.0. The average molecular weight is 511 g/mol. The lowest BCUT2D eigenvalue weighted by atomic mass is 9.95. The maximum Gasteiger partial charge on any atom is 0.160 e. The molecule has 1 atom stereocenters. The van der Waals surface area contributed by atoms with E-state index in [1.54, 1.807) is 37.5 Å². The number of hydrogen-bond acceptors (Lipinski definition) is 6. The predicted octanol–water partition coefficient (Wildman–Crippen LogP) is 6.61. The molecule has 0 bridgehead atoms. The van der Waals surface area contributed by atoms with E-state index in [1.165, 1.54) is 6.07 Å². The minimum absolute atomic E-state index is 0.287. The van der Waals surface area contributed by atoms with Crippen LogP contribution in [-0.4, -0.2) is 33.3 Å². The topological polar surface area (TPSA) is 70.4 Å². The number of rotatable bonds is 7. The van der Waals surface area contributed by atoms with Crippen molar-refractivity contribution < 1.29 is 9.50 Å². The Bertz CT molecular complexity index is 1240. The second kappa shape index (κ2) is 10.9. The lowest BCUT2D eigenvalue weighted by molar-refractivity contribution is 0.0190. The molecule has 4 rings (SSSR count). The summed E-state index contributed by atoms with van der Waals surface area (Å²) in [6.07, 6.45) is 4.76. The van der Waals surface area contributed by atoms with Crippen molar-refractivity contribution in [3.05, 3.63) is 82.7 Å². The molecule has 0 unspecified atom stereocenters. The molecule has 1 fully saturated rings. The Morgan fingerprint density at radius 2 is 1.86 bits per heavy atom. The quantitative estimate of drug-likeness (QED) is 0.350. The molecule has 1 aromatic heterocycles. The van der Waals surface area contributed by atoms with Crippen molar-refractivity contribution in [3.63, 3.8) is 0 Å². The van der Waals surface area contributed by atoms with Gasteiger partial charge in [0, 0.05) is 34.1 Å². The molecule has 0 radical (unpaired) electrons. The Morgan fingerprint density at radius 3 is 2.49 bits per heavy atom. The molecule has 182 valence electrons. The lowest BCUT2D eigenvalue weighted by Gasteiger charge is -2.30. The first-order chi connectivity index (χ1) is 16.8. The monoisotopic (exact) mass is 510 g/mol. The highest BCUT2D eigenvalue weighted by Gasteiger charge is 2.34. The minimum Gasteiger partial charge on any atom is -0.382 e. The van der Waals surface area contributed by atoms with Crippen LogP contribution in [0.2, 0.25) is 0 Å². The minimum atomic E-state index is -0.968. The van der Waals surface area contributed by atoms with Gasteiger partial charge in [-0.1, -0.05) is 35.9 Å². The van der Waals surface area contributed by atoms with Gasteiger partial charge in [-0.2, -0.15) is 11.8 Å². The molecule has 3 aromatic rings. The number of aliphatic imine (C=N–C) groups is 1. The maximum absolute atomic E-state index is 14.4. The van der Waals surface area contributed by atoms with E-state index in [1.807, 2.05) is 36.9 Å². The van der Waals surface area contributed by atoms with Crippen molar-refractivity contribution >= 4 is 41.5 Å². The van der Waals surface area contributed by atoms with E-state index in [0.29, 0.717) is 40.6 Å². The number of halogens is 2. The van der Waals surface area contributed by atoms with E-state index < -0.39 is 5.60 Å². The van der Waals surface area contributed by atoms with Gasteiger partial charge in [0.05, 0.1) is 17.4 Å². The summed E-state index contributed by atoms with van der Waals surface area (Å²) < 4.78 is 14.4. The largest absolute Gasteiger partial charge is 0.382 e. The molecule has 1 aliphatic heterocycles. The van der Waals surface area contributed by atoms with Crippen LogP contribution in [0, 0.1) is 5.82 Å². The number of allylic oxidation sites excluding steroid dienone is 1. The van der Waals surface area contributed by atoms with E-state index in [4.69, 9.17) is 11.6 Å². The van der Waals surface area contributed by atoms with Crippen molar-refractivity contribution in [2.75, 3.05) is 11.5 Å². The summed E-state index contributed by atoms with van der Waals surface area (Å²) in [6, 6.07) is 12.0. The zero-order valence-corrected chi connectivity index (χ0v) is 21.3. The average Bonchev–Trinajstić information content (AvgIpc) is 2.87. The summed E-state index contributed by atoms with van der Waals surface area (Å²) in [7, 11) is 0. The normalized spacial score (nSPS) is 16.8. The van der Waals surface area contributed by atoms with Crippen molar-refractivity contribution in [2.24, 2.45) is 4.99 Å². The van der Waals surface area contributed by atoms with Crippen molar-refractivity contribution in [1.82, 2.24) is 15.3 Å². The van der Waals surface area contributed by atoms with Gasteiger partial charge in [-0.3, -0.25) is 4.99 Å². The van der Waals surface area contributed by atoms with Crippen molar-refractivity contribution in [1.29, 1.82) is 0 Å². The van der Waals surface area contributed by atoms with Gasteiger partial charge in [-0.25, -0.2) is 14.4 Å². The molecule has 1 saturated heterocycles. The molecule has 0 aliphatic carbocycles. The molecule has 0 saturated carbocycles. The Balaban J connectivity index is 1.67. The van der Waals surface area contributed by atoms with Crippen LogP contribution in [0.3, 0.4) is 0 Å². The number of hydrogen-bond donors (Lipinski definition) is 2. The molecule has 0 spiro atoms. The van der Waals surface area contributed by atoms with Gasteiger partial charge in [-0.15, -0.1) is 0 Å². The molecule has 2 aromatic carbocycles. The predicted molar refractivity (Wildman–Crippen MR) is 144 cm³/mol. The Labute approximate surface area is 214 Å². The van der Waals surface area contributed by atoms with Gasteiger partial charge in [0.25, 0.3) is 0 Å². The summed E-state index contributed by atoms with van der Waals surface area (Å²) in [4.78, 5) is 13.2. The molecule has 2 heterocycles. The fraction of sp³-hybridized carbons (Fsp3) is 0.296. The molecule has 8 heteroatoms. The van der Waals surface area contributed by atoms with Crippen LogP contribution in [0.5, 0.6) is 0 Å². The highest BCUT2D eigenvalue weighted by Crippen LogP contribution is 2.36. The van der Waals surface area contributed by atoms with Crippen LogP contribution in [-0.2, 0) is 5.60 Å². The second-order valence-electron chi connectivity index (χ2n) is 8.63. The highest BCUT2D eigenvalue weighted by atomic mass is 35.5. The molecule has 5 nitrogen and oxygen atoms in total. The first-order valence-electron chi connectivity index (χ1n) is 11.4. The molecule has 2 N–H and O–H groups in total. The summed E-state index contributed by atoms with van der Waals surface area (Å²) in [6.45, 7) is 7.36. The standard InChI is InChI=1S/C27H28ClFN4OS/c1-17(28)25(33-18(2)21-6-4-5-7-23(21)29)22-14-19(8-9-24(22)30-3)20-15-31-26(32-16-20)27(34)10-12-35-13-11-27/h4-9,14-16,18,33-34H,3,10-13H2,1-2H3/b25-17-/t18-/m1/s1. The van der Waals surface area contributed by atoms with Gasteiger partial charge >= 0.3 is 0 Å². The summed E-state index contributed by atoms with van der Waals surface area (Å²) in [5, 5.41) is 14.8. The number of thioether (sulfide) groups is 1. The molecule has 35 heavy (non-hydrogen) atoms. The van der Waals surface area contributed by atoms with Crippen LogP contribution in [0.25, 0.3) is 16.8 Å². The number of aliphatic hydroxyl groups is 1. The Morgan fingerprint density at radius 1 is 1.17 bits per heavy atom. The smallest absolute Gasteiger partial charge is 0.160 e. The summed E-state index contributed by atoms with van der Waals surface area (Å²) in [5.74, 6) is 1.97. The first kappa shape index (κ1) is 25.4. The second-order valence-corrected chi connectivity index (χ2v) is 10.4. The number of nitrogens with zero attached hydrogens (tertiary/aromatic N) is 3. The highest BCUT2D eigenvalue weighted by molar-refractivity contribution is 7.99. The van der Waals surface area contributed by atoms with E-state index in [2.05, 4.69) is 27.0 Å². The third-order valence-corrected chi connectivity index (χ3v) is 7.41. The molecule has 1 aliphatic rings. The fourth-order valence-electron chi connectivity index (χ4n) is 4.19. The molecular weight excluding hydrogens is 483 g/mol. The lowest BCUT2D eigenvalue weighted by Crippen LogP contribution is -2.32. The first-order valence-corrected chi connectivity index (χ1v) is 13.0. The number of aromatic nitrogens is 2. The van der Waals surface area contributed by atoms with Gasteiger partial charge in [0.2, 0.25) is 0 Å². The van der Waals surface area contributed by atoms with E-state index in [9.17, 15) is 9.50 Å². The maximum atomic E-state index is 14.4. The molecule has 0 amide bonds. The number of nitrogens with one attached hydrogen (secondary N) is 1. The fourth-order valence-corrected chi connectivity index (χ4v) is 5.51. The Kier molecular flexibility index (Phi) is 7.89. The summed E-state index contributed by atoms with van der Waals surface area (Å²) in [5.41, 5.74) is 3.25. The van der Waals surface area contributed by atoms with Gasteiger partial charge in [0.1, 0.15) is 11.4 Å². The Hall–Kier alpha value is -2.74. The molecular formula is C27H28ClFN4OS. The van der Waals surface area contributed by atoms with Gasteiger partial charge in [-0.05, 0) is 68.7 Å². The summed E-state index contributed by atoms with van der Waals surface area (Å²) >= 11 is 8.34. The van der Waals surface area contributed by atoms with E-state index in [0.717, 1.165) is 28.2 Å². The van der Waals surface area contributed by atoms with Gasteiger partial charge in [0.15, 0.2) is 5.82 Å². The van der Waals surface area contributed by atoms with Crippen LogP contribution < -0.4 is 5.32 Å². The van der Waals surface area contributed by atoms with Crippen LogP contribution in [0.4, 0.5) is 10.1 Å². The van der Waals surface area contributed by atoms with Crippen molar-refractivity contribution in [2.45, 2.75) is 38.3 Å². The van der Waals surface area contributed by atoms with Crippen LogP contribution >= 0.6 is 23.4 Å². The van der Waals surface area contributed by atoms with Crippen LogP contribution in [0.1, 0.15) is 49.7 Å². The van der Waals surface area contributed by atoms with E-state index in [-0.39, 0.29) is 11.9 Å². The number of benzene rings is 2. The van der Waals surface area contributed by atoms with E-state index >= 15 is 0 Å². The SMILES string of the molecule is C=Nc1ccc(-c2cnc(C3(O)CCSCC3)nc2)cc1/C(N[C@H](C)c1ccccc1F)=C(\C)Cl. The zero-order valence-electron chi connectivity index (χ0n) is 19.8. The third kappa shape index (κ3) is 5.58. The van der Waals surface area contributed by atoms with Gasteiger partial charge < -0.3 is 10.4 Å². The van der Waals surface area contributed by atoms with Crippen molar-refractivity contribution in [3.8, 4) is 11.1 Å².